The van der Waals surface area contributed by atoms with Crippen LogP contribution in [0.15, 0.2) is 0 Å². The molecule has 4 heteroatoms. The van der Waals surface area contributed by atoms with Crippen molar-refractivity contribution < 1.29 is 19.1 Å². The van der Waals surface area contributed by atoms with Gasteiger partial charge in [-0.1, -0.05) is 0 Å². The van der Waals surface area contributed by atoms with Crippen LogP contribution < -0.4 is 0 Å². The summed E-state index contributed by atoms with van der Waals surface area (Å²) in [5, 5.41) is 0. The number of rotatable bonds is 4. The summed E-state index contributed by atoms with van der Waals surface area (Å²) < 4.78 is 10.1. The zero-order valence-corrected chi connectivity index (χ0v) is 10.3. The van der Waals surface area contributed by atoms with Gasteiger partial charge in [0.2, 0.25) is 0 Å². The molecule has 0 aliphatic carbocycles. The average Bonchev–Trinajstić information content (AvgIpc) is 1.98. The molecule has 15 heavy (non-hydrogen) atoms. The van der Waals surface area contributed by atoms with Crippen LogP contribution in [0.5, 0.6) is 0 Å². The minimum Gasteiger partial charge on any atom is -0.463 e. The average molecular weight is 216 g/mol. The maximum Gasteiger partial charge on any atom is 0.312 e. The molecule has 0 heterocycles. The smallest absolute Gasteiger partial charge is 0.312 e. The van der Waals surface area contributed by atoms with Gasteiger partial charge in [-0.05, 0) is 34.6 Å². The molecule has 0 aliphatic heterocycles. The van der Waals surface area contributed by atoms with Crippen molar-refractivity contribution >= 4 is 11.9 Å². The molecule has 1 atom stereocenters. The Kier molecular flexibility index (Phi) is 4.78. The van der Waals surface area contributed by atoms with Crippen molar-refractivity contribution in [2.45, 2.75) is 53.2 Å². The number of carbonyl (C=O) groups excluding carboxylic acids is 2. The summed E-state index contributed by atoms with van der Waals surface area (Å²) in [6.45, 7) is 9.96. The van der Waals surface area contributed by atoms with E-state index in [4.69, 9.17) is 9.47 Å². The fourth-order valence-electron chi connectivity index (χ4n) is 1.08. The molecule has 0 saturated heterocycles. The van der Waals surface area contributed by atoms with Gasteiger partial charge in [0.15, 0.2) is 0 Å². The minimum absolute atomic E-state index is 0.159. The van der Waals surface area contributed by atoms with Crippen molar-refractivity contribution in [3.8, 4) is 0 Å². The number of carbonyl (C=O) groups is 2. The van der Waals surface area contributed by atoms with E-state index in [1.54, 1.807) is 34.6 Å². The lowest BCUT2D eigenvalue weighted by Gasteiger charge is -2.30. The Hall–Kier alpha value is -1.06. The first-order chi connectivity index (χ1) is 6.66. The molecule has 0 aliphatic rings. The van der Waals surface area contributed by atoms with Gasteiger partial charge < -0.3 is 9.47 Å². The molecule has 0 saturated carbocycles. The molecular formula is C11H20O4. The highest BCUT2D eigenvalue weighted by molar-refractivity contribution is 5.74. The Labute approximate surface area is 90.9 Å². The standard InChI is InChI=1S/C11H20O4/c1-7(2)14-10(13)8(3)11(5,6)15-9(4)12/h7-8H,1-6H3/t8-/m0/s1. The van der Waals surface area contributed by atoms with Crippen LogP contribution in [0.25, 0.3) is 0 Å². The van der Waals surface area contributed by atoms with Crippen LogP contribution >= 0.6 is 0 Å². The van der Waals surface area contributed by atoms with Gasteiger partial charge in [-0.3, -0.25) is 9.59 Å². The van der Waals surface area contributed by atoms with Crippen LogP contribution in [0, 0.1) is 5.92 Å². The monoisotopic (exact) mass is 216 g/mol. The number of hydrogen-bond acceptors (Lipinski definition) is 4. The molecule has 88 valence electrons. The van der Waals surface area contributed by atoms with Crippen molar-refractivity contribution in [3.63, 3.8) is 0 Å². The molecule has 0 spiro atoms. The van der Waals surface area contributed by atoms with E-state index in [9.17, 15) is 9.59 Å². The lowest BCUT2D eigenvalue weighted by molar-refractivity contribution is -0.171. The third-order valence-corrected chi connectivity index (χ3v) is 2.15. The SMILES string of the molecule is CC(=O)OC(C)(C)[C@@H](C)C(=O)OC(C)C. The van der Waals surface area contributed by atoms with Crippen molar-refractivity contribution in [2.24, 2.45) is 5.92 Å². The first-order valence-electron chi connectivity index (χ1n) is 5.07. The maximum atomic E-state index is 11.6. The predicted octanol–water partition coefficient (Wildman–Crippen LogP) is 1.92. The summed E-state index contributed by atoms with van der Waals surface area (Å²) in [7, 11) is 0. The summed E-state index contributed by atoms with van der Waals surface area (Å²) >= 11 is 0. The molecule has 0 unspecified atom stereocenters. The Morgan fingerprint density at radius 3 is 1.93 bits per heavy atom. The fourth-order valence-corrected chi connectivity index (χ4v) is 1.08. The second kappa shape index (κ2) is 5.14. The van der Waals surface area contributed by atoms with Crippen molar-refractivity contribution in [2.75, 3.05) is 0 Å². The number of hydrogen-bond donors (Lipinski definition) is 0. The molecule has 0 bridgehead atoms. The Morgan fingerprint density at radius 2 is 1.60 bits per heavy atom. The topological polar surface area (TPSA) is 52.6 Å². The van der Waals surface area contributed by atoms with Crippen LogP contribution in [0.3, 0.4) is 0 Å². The lowest BCUT2D eigenvalue weighted by atomic mass is 9.92. The quantitative estimate of drug-likeness (QED) is 0.674. The van der Waals surface area contributed by atoms with Gasteiger partial charge in [0.25, 0.3) is 0 Å². The van der Waals surface area contributed by atoms with Gasteiger partial charge in [-0.2, -0.15) is 0 Å². The fraction of sp³-hybridized carbons (Fsp3) is 0.818. The van der Waals surface area contributed by atoms with Gasteiger partial charge in [-0.15, -0.1) is 0 Å². The van der Waals surface area contributed by atoms with Crippen molar-refractivity contribution in [3.05, 3.63) is 0 Å². The molecule has 0 aromatic carbocycles. The third kappa shape index (κ3) is 4.81. The molecule has 0 fully saturated rings. The lowest BCUT2D eigenvalue weighted by Crippen LogP contribution is -2.40. The first-order valence-corrected chi connectivity index (χ1v) is 5.07. The minimum atomic E-state index is -0.836. The van der Waals surface area contributed by atoms with Gasteiger partial charge >= 0.3 is 11.9 Å². The van der Waals surface area contributed by atoms with Crippen LogP contribution in [0.1, 0.15) is 41.5 Å². The molecule has 0 rings (SSSR count). The van der Waals surface area contributed by atoms with E-state index in [2.05, 4.69) is 0 Å². The molecule has 0 radical (unpaired) electrons. The molecule has 0 N–H and O–H groups in total. The van der Waals surface area contributed by atoms with E-state index >= 15 is 0 Å². The molecule has 4 nitrogen and oxygen atoms in total. The Balaban J connectivity index is 4.46. The first kappa shape index (κ1) is 13.9. The van der Waals surface area contributed by atoms with E-state index in [1.807, 2.05) is 0 Å². The van der Waals surface area contributed by atoms with Gasteiger partial charge in [0.1, 0.15) is 5.60 Å². The van der Waals surface area contributed by atoms with E-state index in [-0.39, 0.29) is 12.1 Å². The van der Waals surface area contributed by atoms with Gasteiger partial charge in [-0.25, -0.2) is 0 Å². The molecule has 0 aromatic heterocycles. The maximum absolute atomic E-state index is 11.6. The number of ether oxygens (including phenoxy) is 2. The highest BCUT2D eigenvalue weighted by atomic mass is 16.6. The van der Waals surface area contributed by atoms with Crippen LogP contribution in [0.2, 0.25) is 0 Å². The number of esters is 2. The molecule has 0 aromatic rings. The zero-order chi connectivity index (χ0) is 12.2. The van der Waals surface area contributed by atoms with Crippen LogP contribution in [-0.4, -0.2) is 23.6 Å². The van der Waals surface area contributed by atoms with Gasteiger partial charge in [0.05, 0.1) is 12.0 Å². The summed E-state index contributed by atoms with van der Waals surface area (Å²) in [6.07, 6.45) is -0.159. The largest absolute Gasteiger partial charge is 0.463 e. The highest BCUT2D eigenvalue weighted by Crippen LogP contribution is 2.23. The normalized spacial score (nSPS) is 13.5. The van der Waals surface area contributed by atoms with E-state index in [0.29, 0.717) is 0 Å². The molecular weight excluding hydrogens is 196 g/mol. The summed E-state index contributed by atoms with van der Waals surface area (Å²) in [5.74, 6) is -1.23. The van der Waals surface area contributed by atoms with Crippen molar-refractivity contribution in [1.82, 2.24) is 0 Å². The summed E-state index contributed by atoms with van der Waals surface area (Å²) in [4.78, 5) is 22.4. The molecule has 0 amide bonds. The van der Waals surface area contributed by atoms with Gasteiger partial charge in [0, 0.05) is 6.92 Å². The summed E-state index contributed by atoms with van der Waals surface area (Å²) in [6, 6.07) is 0. The Morgan fingerprint density at radius 1 is 1.13 bits per heavy atom. The third-order valence-electron chi connectivity index (χ3n) is 2.15. The summed E-state index contributed by atoms with van der Waals surface area (Å²) in [5.41, 5.74) is -0.836. The second-order valence-electron chi connectivity index (χ2n) is 4.40. The van der Waals surface area contributed by atoms with E-state index in [1.165, 1.54) is 6.92 Å². The second-order valence-corrected chi connectivity index (χ2v) is 4.40. The van der Waals surface area contributed by atoms with E-state index in [0.717, 1.165) is 0 Å². The van der Waals surface area contributed by atoms with E-state index < -0.39 is 17.5 Å². The van der Waals surface area contributed by atoms with Crippen LogP contribution in [0.4, 0.5) is 0 Å². The highest BCUT2D eigenvalue weighted by Gasteiger charge is 2.35. The van der Waals surface area contributed by atoms with Crippen molar-refractivity contribution in [1.29, 1.82) is 0 Å². The van der Waals surface area contributed by atoms with Crippen LogP contribution in [-0.2, 0) is 19.1 Å². The Bertz CT molecular complexity index is 243. The zero-order valence-electron chi connectivity index (χ0n) is 10.3. The predicted molar refractivity (Wildman–Crippen MR) is 56.2 cm³/mol.